The van der Waals surface area contributed by atoms with Gasteiger partial charge in [-0.25, -0.2) is 4.98 Å². The van der Waals surface area contributed by atoms with Crippen molar-refractivity contribution in [2.45, 2.75) is 18.9 Å². The highest BCUT2D eigenvalue weighted by Crippen LogP contribution is 2.22. The van der Waals surface area contributed by atoms with E-state index < -0.39 is 0 Å². The molecule has 0 spiro atoms. The van der Waals surface area contributed by atoms with Gasteiger partial charge in [-0.05, 0) is 17.9 Å². The van der Waals surface area contributed by atoms with Crippen LogP contribution in [-0.4, -0.2) is 9.55 Å². The molecule has 0 saturated heterocycles. The third-order valence-corrected chi connectivity index (χ3v) is 3.65. The molecule has 0 fully saturated rings. The van der Waals surface area contributed by atoms with Crippen molar-refractivity contribution in [3.63, 3.8) is 0 Å². The largest absolute Gasteiger partial charge is 0.338 e. The second kappa shape index (κ2) is 5.25. The number of hydrogen-bond donors (Lipinski definition) is 2. The average Bonchev–Trinajstić information content (AvgIpc) is 2.92. The Morgan fingerprint density at radius 3 is 3.06 bits per heavy atom. The molecular weight excluding hydrogens is 220 g/mol. The molecule has 5 heteroatoms. The zero-order valence-electron chi connectivity index (χ0n) is 9.26. The first-order valence-corrected chi connectivity index (χ1v) is 6.15. The van der Waals surface area contributed by atoms with Crippen LogP contribution < -0.4 is 11.3 Å². The standard InChI is InChI=1S/C11H16N4S/c1-15-7-6-13-11(15)5-4-9(14-12)10-3-2-8-16-10/h2-3,6-9,14H,4-5,12H2,1H3. The van der Waals surface area contributed by atoms with Gasteiger partial charge >= 0.3 is 0 Å². The highest BCUT2D eigenvalue weighted by Gasteiger charge is 2.11. The lowest BCUT2D eigenvalue weighted by atomic mass is 10.1. The summed E-state index contributed by atoms with van der Waals surface area (Å²) in [6.45, 7) is 0. The van der Waals surface area contributed by atoms with Crippen LogP contribution in [0.2, 0.25) is 0 Å². The lowest BCUT2D eigenvalue weighted by molar-refractivity contribution is 0.513. The molecule has 0 aliphatic heterocycles. The van der Waals surface area contributed by atoms with Crippen molar-refractivity contribution in [2.75, 3.05) is 0 Å². The Morgan fingerprint density at radius 2 is 2.50 bits per heavy atom. The maximum Gasteiger partial charge on any atom is 0.108 e. The third kappa shape index (κ3) is 2.49. The molecule has 0 saturated carbocycles. The number of aromatic nitrogens is 2. The predicted octanol–water partition coefficient (Wildman–Crippen LogP) is 1.62. The fourth-order valence-electron chi connectivity index (χ4n) is 1.71. The van der Waals surface area contributed by atoms with Crippen LogP contribution in [0.25, 0.3) is 0 Å². The molecule has 2 rings (SSSR count). The van der Waals surface area contributed by atoms with Crippen molar-refractivity contribution in [3.8, 4) is 0 Å². The first kappa shape index (κ1) is 11.3. The molecule has 0 aliphatic carbocycles. The van der Waals surface area contributed by atoms with Crippen LogP contribution in [0.4, 0.5) is 0 Å². The third-order valence-electron chi connectivity index (χ3n) is 2.67. The van der Waals surface area contributed by atoms with Crippen LogP contribution in [0.5, 0.6) is 0 Å². The van der Waals surface area contributed by atoms with E-state index in [9.17, 15) is 0 Å². The number of thiophene rings is 1. The fraction of sp³-hybridized carbons (Fsp3) is 0.364. The molecule has 4 nitrogen and oxygen atoms in total. The molecule has 0 aromatic carbocycles. The Bertz CT molecular complexity index is 421. The molecule has 0 bridgehead atoms. The summed E-state index contributed by atoms with van der Waals surface area (Å²) in [5, 5.41) is 2.07. The van der Waals surface area contributed by atoms with Crippen molar-refractivity contribution < 1.29 is 0 Å². The van der Waals surface area contributed by atoms with Crippen molar-refractivity contribution in [3.05, 3.63) is 40.6 Å². The van der Waals surface area contributed by atoms with Crippen LogP contribution in [0.15, 0.2) is 29.9 Å². The van der Waals surface area contributed by atoms with E-state index in [-0.39, 0.29) is 6.04 Å². The summed E-state index contributed by atoms with van der Waals surface area (Å²) >= 11 is 1.73. The number of hydrogen-bond acceptors (Lipinski definition) is 4. The van der Waals surface area contributed by atoms with E-state index in [4.69, 9.17) is 5.84 Å². The van der Waals surface area contributed by atoms with Crippen molar-refractivity contribution in [1.82, 2.24) is 15.0 Å². The fourth-order valence-corrected chi connectivity index (χ4v) is 2.53. The lowest BCUT2D eigenvalue weighted by Gasteiger charge is -2.13. The van der Waals surface area contributed by atoms with E-state index in [2.05, 4.69) is 21.9 Å². The molecule has 16 heavy (non-hydrogen) atoms. The SMILES string of the molecule is Cn1ccnc1CCC(NN)c1cccs1. The maximum atomic E-state index is 5.57. The van der Waals surface area contributed by atoms with Crippen LogP contribution in [0.3, 0.4) is 0 Å². The van der Waals surface area contributed by atoms with Gasteiger partial charge in [0.05, 0.1) is 6.04 Å². The molecule has 0 amide bonds. The smallest absolute Gasteiger partial charge is 0.108 e. The minimum absolute atomic E-state index is 0.219. The molecule has 1 unspecified atom stereocenters. The number of imidazole rings is 1. The first-order chi connectivity index (χ1) is 7.81. The molecule has 2 aromatic rings. The molecule has 3 N–H and O–H groups in total. The van der Waals surface area contributed by atoms with E-state index in [1.807, 2.05) is 30.1 Å². The van der Waals surface area contributed by atoms with Gasteiger partial charge in [-0.2, -0.15) is 0 Å². The van der Waals surface area contributed by atoms with Gasteiger partial charge in [-0.1, -0.05) is 6.07 Å². The van der Waals surface area contributed by atoms with Crippen LogP contribution in [-0.2, 0) is 13.5 Å². The molecule has 2 aromatic heterocycles. The Hall–Kier alpha value is -1.17. The van der Waals surface area contributed by atoms with Crippen LogP contribution in [0, 0.1) is 0 Å². The van der Waals surface area contributed by atoms with Crippen LogP contribution in [0.1, 0.15) is 23.2 Å². The number of nitrogens with one attached hydrogen (secondary N) is 1. The highest BCUT2D eigenvalue weighted by atomic mass is 32.1. The van der Waals surface area contributed by atoms with Gasteiger partial charge in [0.1, 0.15) is 5.82 Å². The van der Waals surface area contributed by atoms with E-state index in [1.165, 1.54) is 4.88 Å². The molecule has 0 aliphatic rings. The predicted molar refractivity (Wildman–Crippen MR) is 65.9 cm³/mol. The maximum absolute atomic E-state index is 5.57. The molecule has 86 valence electrons. The highest BCUT2D eigenvalue weighted by molar-refractivity contribution is 7.10. The summed E-state index contributed by atoms with van der Waals surface area (Å²) < 4.78 is 2.04. The van der Waals surface area contributed by atoms with E-state index in [1.54, 1.807) is 11.3 Å². The number of nitrogens with zero attached hydrogens (tertiary/aromatic N) is 2. The normalized spacial score (nSPS) is 12.9. The monoisotopic (exact) mass is 236 g/mol. The van der Waals surface area contributed by atoms with E-state index in [0.717, 1.165) is 18.7 Å². The second-order valence-corrected chi connectivity index (χ2v) is 4.71. The number of nitrogens with two attached hydrogens (primary N) is 1. The minimum Gasteiger partial charge on any atom is -0.338 e. The molecule has 1 atom stereocenters. The summed E-state index contributed by atoms with van der Waals surface area (Å²) in [5.74, 6) is 6.67. The van der Waals surface area contributed by atoms with Gasteiger partial charge in [-0.15, -0.1) is 11.3 Å². The summed E-state index contributed by atoms with van der Waals surface area (Å²) in [5.41, 5.74) is 2.86. The summed E-state index contributed by atoms with van der Waals surface area (Å²) in [6.07, 6.45) is 5.68. The van der Waals surface area contributed by atoms with E-state index in [0.29, 0.717) is 0 Å². The van der Waals surface area contributed by atoms with Crippen LogP contribution >= 0.6 is 11.3 Å². The summed E-state index contributed by atoms with van der Waals surface area (Å²) in [6, 6.07) is 4.37. The number of hydrazine groups is 1. The van der Waals surface area contributed by atoms with Gasteiger partial charge in [-0.3, -0.25) is 11.3 Å². The Morgan fingerprint density at radius 1 is 1.62 bits per heavy atom. The zero-order chi connectivity index (χ0) is 11.4. The zero-order valence-corrected chi connectivity index (χ0v) is 10.1. The van der Waals surface area contributed by atoms with Gasteiger partial charge in [0.15, 0.2) is 0 Å². The van der Waals surface area contributed by atoms with Crippen molar-refractivity contribution in [2.24, 2.45) is 12.9 Å². The van der Waals surface area contributed by atoms with Crippen molar-refractivity contribution in [1.29, 1.82) is 0 Å². The lowest BCUT2D eigenvalue weighted by Crippen LogP contribution is -2.28. The molecular formula is C11H16N4S. The number of aryl methyl sites for hydroxylation is 2. The van der Waals surface area contributed by atoms with Gasteiger partial charge in [0, 0.05) is 30.7 Å². The Balaban J connectivity index is 1.96. The molecule has 2 heterocycles. The molecule has 0 radical (unpaired) electrons. The van der Waals surface area contributed by atoms with Gasteiger partial charge in [0.25, 0.3) is 0 Å². The summed E-state index contributed by atoms with van der Waals surface area (Å²) in [7, 11) is 2.01. The van der Waals surface area contributed by atoms with Crippen molar-refractivity contribution >= 4 is 11.3 Å². The topological polar surface area (TPSA) is 55.9 Å². The average molecular weight is 236 g/mol. The Kier molecular flexibility index (Phi) is 3.71. The first-order valence-electron chi connectivity index (χ1n) is 5.27. The van der Waals surface area contributed by atoms with Gasteiger partial charge in [0.2, 0.25) is 0 Å². The Labute approximate surface area is 99.1 Å². The second-order valence-electron chi connectivity index (χ2n) is 3.73. The summed E-state index contributed by atoms with van der Waals surface area (Å²) in [4.78, 5) is 5.58. The van der Waals surface area contributed by atoms with E-state index >= 15 is 0 Å². The number of rotatable bonds is 5. The quantitative estimate of drug-likeness (QED) is 0.612. The van der Waals surface area contributed by atoms with Gasteiger partial charge < -0.3 is 4.57 Å². The minimum atomic E-state index is 0.219.